The number of carbonyl (C=O) groups is 2. The van der Waals surface area contributed by atoms with E-state index in [9.17, 15) is 19.7 Å². The molecule has 8 heteroatoms. The van der Waals surface area contributed by atoms with Crippen LogP contribution in [0.3, 0.4) is 0 Å². The Kier molecular flexibility index (Phi) is 7.73. The predicted octanol–water partition coefficient (Wildman–Crippen LogP) is 4.59. The maximum absolute atomic E-state index is 12.7. The SMILES string of the molecule is CCCc1ccc(NC(=O)C(NC(=O)c2ccc([N+](=O)[O-])cc2Cl)C(C)C)cc1. The van der Waals surface area contributed by atoms with Crippen molar-refractivity contribution in [3.8, 4) is 0 Å². The van der Waals surface area contributed by atoms with Gasteiger partial charge in [-0.15, -0.1) is 0 Å². The molecule has 154 valence electrons. The first kappa shape index (κ1) is 22.4. The van der Waals surface area contributed by atoms with E-state index in [4.69, 9.17) is 11.6 Å². The minimum Gasteiger partial charge on any atom is -0.340 e. The van der Waals surface area contributed by atoms with Gasteiger partial charge < -0.3 is 10.6 Å². The highest BCUT2D eigenvalue weighted by molar-refractivity contribution is 6.34. The van der Waals surface area contributed by atoms with Crippen molar-refractivity contribution >= 4 is 34.8 Å². The number of rotatable bonds is 8. The molecule has 7 nitrogen and oxygen atoms in total. The summed E-state index contributed by atoms with van der Waals surface area (Å²) in [6.07, 6.45) is 2.01. The largest absolute Gasteiger partial charge is 0.340 e. The molecule has 2 aromatic carbocycles. The Morgan fingerprint density at radius 1 is 1.14 bits per heavy atom. The summed E-state index contributed by atoms with van der Waals surface area (Å²) >= 11 is 6.02. The lowest BCUT2D eigenvalue weighted by Crippen LogP contribution is -2.47. The van der Waals surface area contributed by atoms with Crippen LogP contribution < -0.4 is 10.6 Å². The van der Waals surface area contributed by atoms with Crippen molar-refractivity contribution < 1.29 is 14.5 Å². The number of aryl methyl sites for hydroxylation is 1. The molecule has 0 heterocycles. The lowest BCUT2D eigenvalue weighted by molar-refractivity contribution is -0.384. The summed E-state index contributed by atoms with van der Waals surface area (Å²) in [5.41, 5.74) is 1.69. The van der Waals surface area contributed by atoms with Crippen LogP contribution in [0.5, 0.6) is 0 Å². The number of hydrogen-bond acceptors (Lipinski definition) is 4. The lowest BCUT2D eigenvalue weighted by atomic mass is 10.0. The average Bonchev–Trinajstić information content (AvgIpc) is 2.67. The molecule has 0 saturated heterocycles. The zero-order valence-electron chi connectivity index (χ0n) is 16.6. The second kappa shape index (κ2) is 10.0. The Morgan fingerprint density at radius 3 is 2.31 bits per heavy atom. The van der Waals surface area contributed by atoms with Gasteiger partial charge in [0.2, 0.25) is 5.91 Å². The van der Waals surface area contributed by atoms with E-state index in [0.29, 0.717) is 5.69 Å². The van der Waals surface area contributed by atoms with Crippen LogP contribution in [-0.2, 0) is 11.2 Å². The molecular weight excluding hydrogens is 394 g/mol. The standard InChI is InChI=1S/C21H24ClN3O4/c1-4-5-14-6-8-15(9-7-14)23-21(27)19(13(2)3)24-20(26)17-11-10-16(25(28)29)12-18(17)22/h6-13,19H,4-5H2,1-3H3,(H,23,27)(H,24,26). The van der Waals surface area contributed by atoms with Gasteiger partial charge in [-0.05, 0) is 36.1 Å². The molecule has 1 unspecified atom stereocenters. The molecule has 2 rings (SSSR count). The normalized spacial score (nSPS) is 11.8. The summed E-state index contributed by atoms with van der Waals surface area (Å²) in [7, 11) is 0. The van der Waals surface area contributed by atoms with Crippen LogP contribution in [0.4, 0.5) is 11.4 Å². The van der Waals surface area contributed by atoms with E-state index in [2.05, 4.69) is 17.6 Å². The van der Waals surface area contributed by atoms with Crippen molar-refractivity contribution in [1.82, 2.24) is 5.32 Å². The third kappa shape index (κ3) is 6.02. The highest BCUT2D eigenvalue weighted by atomic mass is 35.5. The van der Waals surface area contributed by atoms with E-state index in [-0.39, 0.29) is 28.1 Å². The number of amides is 2. The van der Waals surface area contributed by atoms with Crippen LogP contribution in [0.25, 0.3) is 0 Å². The van der Waals surface area contributed by atoms with Crippen LogP contribution >= 0.6 is 11.6 Å². The molecule has 2 N–H and O–H groups in total. The first-order valence-electron chi connectivity index (χ1n) is 9.37. The maximum Gasteiger partial charge on any atom is 0.270 e. The van der Waals surface area contributed by atoms with Crippen molar-refractivity contribution in [2.24, 2.45) is 5.92 Å². The van der Waals surface area contributed by atoms with Gasteiger partial charge in [-0.1, -0.05) is 50.9 Å². The third-order valence-corrected chi connectivity index (χ3v) is 4.72. The Bertz CT molecular complexity index is 897. The van der Waals surface area contributed by atoms with Crippen LogP contribution in [0, 0.1) is 16.0 Å². The topological polar surface area (TPSA) is 101 Å². The van der Waals surface area contributed by atoms with Gasteiger partial charge in [-0.3, -0.25) is 19.7 Å². The summed E-state index contributed by atoms with van der Waals surface area (Å²) in [5, 5.41) is 16.2. The van der Waals surface area contributed by atoms with Gasteiger partial charge in [-0.25, -0.2) is 0 Å². The fourth-order valence-electron chi connectivity index (χ4n) is 2.82. The zero-order chi connectivity index (χ0) is 21.6. The maximum atomic E-state index is 12.7. The molecular formula is C21H24ClN3O4. The van der Waals surface area contributed by atoms with Gasteiger partial charge in [0.1, 0.15) is 6.04 Å². The minimum atomic E-state index is -0.802. The number of nitrogens with zero attached hydrogens (tertiary/aromatic N) is 1. The Hall–Kier alpha value is -2.93. The van der Waals surface area contributed by atoms with E-state index in [1.54, 1.807) is 0 Å². The minimum absolute atomic E-state index is 0.0499. The summed E-state index contributed by atoms with van der Waals surface area (Å²) in [4.78, 5) is 35.5. The average molecular weight is 418 g/mol. The number of nitro groups is 1. The molecule has 0 saturated carbocycles. The summed E-state index contributed by atoms with van der Waals surface area (Å²) in [5.74, 6) is -1.11. The number of halogens is 1. The van der Waals surface area contributed by atoms with Crippen LogP contribution in [-0.4, -0.2) is 22.8 Å². The van der Waals surface area contributed by atoms with E-state index in [0.717, 1.165) is 18.9 Å². The van der Waals surface area contributed by atoms with Gasteiger partial charge in [-0.2, -0.15) is 0 Å². The zero-order valence-corrected chi connectivity index (χ0v) is 17.3. The fraction of sp³-hybridized carbons (Fsp3) is 0.333. The first-order chi connectivity index (χ1) is 13.7. The van der Waals surface area contributed by atoms with E-state index < -0.39 is 16.9 Å². The molecule has 0 radical (unpaired) electrons. The monoisotopic (exact) mass is 417 g/mol. The molecule has 0 bridgehead atoms. The molecule has 0 spiro atoms. The number of nitro benzene ring substituents is 1. The molecule has 0 aromatic heterocycles. The van der Waals surface area contributed by atoms with Crippen molar-refractivity contribution in [2.45, 2.75) is 39.7 Å². The number of benzene rings is 2. The van der Waals surface area contributed by atoms with Crippen molar-refractivity contribution in [1.29, 1.82) is 0 Å². The third-order valence-electron chi connectivity index (χ3n) is 4.40. The highest BCUT2D eigenvalue weighted by Crippen LogP contribution is 2.23. The molecule has 0 aliphatic heterocycles. The number of carbonyl (C=O) groups excluding carboxylic acids is 2. The van der Waals surface area contributed by atoms with Gasteiger partial charge in [0, 0.05) is 17.8 Å². The molecule has 0 aliphatic carbocycles. The Balaban J connectivity index is 2.11. The number of hydrogen-bond donors (Lipinski definition) is 2. The van der Waals surface area contributed by atoms with Crippen molar-refractivity contribution in [3.63, 3.8) is 0 Å². The smallest absolute Gasteiger partial charge is 0.270 e. The van der Waals surface area contributed by atoms with Gasteiger partial charge in [0.15, 0.2) is 0 Å². The van der Waals surface area contributed by atoms with E-state index >= 15 is 0 Å². The molecule has 2 aromatic rings. The number of anilines is 1. The van der Waals surface area contributed by atoms with Crippen molar-refractivity contribution in [2.75, 3.05) is 5.32 Å². The molecule has 1 atom stereocenters. The number of non-ortho nitro benzene ring substituents is 1. The van der Waals surface area contributed by atoms with Crippen molar-refractivity contribution in [3.05, 3.63) is 68.7 Å². The fourth-order valence-corrected chi connectivity index (χ4v) is 3.08. The van der Waals surface area contributed by atoms with E-state index in [1.807, 2.05) is 38.1 Å². The highest BCUT2D eigenvalue weighted by Gasteiger charge is 2.26. The predicted molar refractivity (Wildman–Crippen MR) is 113 cm³/mol. The molecule has 0 aliphatic rings. The molecule has 0 fully saturated rings. The summed E-state index contributed by atoms with van der Waals surface area (Å²) in [6, 6.07) is 10.4. The second-order valence-electron chi connectivity index (χ2n) is 7.05. The molecule has 2 amide bonds. The molecule has 29 heavy (non-hydrogen) atoms. The summed E-state index contributed by atoms with van der Waals surface area (Å²) in [6.45, 7) is 5.72. The Morgan fingerprint density at radius 2 is 1.79 bits per heavy atom. The van der Waals surface area contributed by atoms with E-state index in [1.165, 1.54) is 17.7 Å². The number of nitrogens with one attached hydrogen (secondary N) is 2. The lowest BCUT2D eigenvalue weighted by Gasteiger charge is -2.22. The van der Waals surface area contributed by atoms with Crippen LogP contribution in [0.2, 0.25) is 5.02 Å². The van der Waals surface area contributed by atoms with Crippen LogP contribution in [0.1, 0.15) is 43.1 Å². The van der Waals surface area contributed by atoms with Gasteiger partial charge >= 0.3 is 0 Å². The van der Waals surface area contributed by atoms with Gasteiger partial charge in [0.25, 0.3) is 11.6 Å². The Labute approximate surface area is 174 Å². The summed E-state index contributed by atoms with van der Waals surface area (Å²) < 4.78 is 0. The quantitative estimate of drug-likeness (QED) is 0.484. The second-order valence-corrected chi connectivity index (χ2v) is 7.46. The van der Waals surface area contributed by atoms with Gasteiger partial charge in [0.05, 0.1) is 15.5 Å². The first-order valence-corrected chi connectivity index (χ1v) is 9.75. The van der Waals surface area contributed by atoms with Crippen LogP contribution in [0.15, 0.2) is 42.5 Å².